The first-order valence-corrected chi connectivity index (χ1v) is 10.9. The predicted molar refractivity (Wildman–Crippen MR) is 115 cm³/mol. The van der Waals surface area contributed by atoms with E-state index in [9.17, 15) is 13.2 Å². The van der Waals surface area contributed by atoms with Crippen LogP contribution in [0.4, 0.5) is 5.69 Å². The van der Waals surface area contributed by atoms with Gasteiger partial charge in [-0.05, 0) is 23.8 Å². The number of hydrogen-bond acceptors (Lipinski definition) is 5. The number of rotatable bonds is 8. The highest BCUT2D eigenvalue weighted by atomic mass is 35.5. The van der Waals surface area contributed by atoms with Gasteiger partial charge in [-0.3, -0.25) is 9.48 Å². The van der Waals surface area contributed by atoms with E-state index in [4.69, 9.17) is 21.5 Å². The van der Waals surface area contributed by atoms with Crippen molar-refractivity contribution in [3.8, 4) is 11.1 Å². The molecule has 0 atom stereocenters. The smallest absolute Gasteiger partial charge is 0.238 e. The first-order chi connectivity index (χ1) is 14.3. The van der Waals surface area contributed by atoms with E-state index < -0.39 is 10.0 Å². The maximum absolute atomic E-state index is 12.4. The van der Waals surface area contributed by atoms with E-state index in [1.807, 2.05) is 0 Å². The molecule has 0 saturated heterocycles. The van der Waals surface area contributed by atoms with Gasteiger partial charge in [-0.1, -0.05) is 35.9 Å². The number of anilines is 1. The molecule has 2 aromatic carbocycles. The molecule has 3 aromatic rings. The number of nitrogens with zero attached hydrogens (tertiary/aromatic N) is 2. The van der Waals surface area contributed by atoms with Gasteiger partial charge in [0.2, 0.25) is 15.9 Å². The van der Waals surface area contributed by atoms with Crippen LogP contribution in [0.25, 0.3) is 11.1 Å². The minimum Gasteiger partial charge on any atom is -0.383 e. The number of amides is 1. The van der Waals surface area contributed by atoms with Crippen LogP contribution in [0.15, 0.2) is 59.8 Å². The minimum absolute atomic E-state index is 0.0540. The number of benzene rings is 2. The summed E-state index contributed by atoms with van der Waals surface area (Å²) in [7, 11) is -2.46. The fourth-order valence-electron chi connectivity index (χ4n) is 2.90. The van der Waals surface area contributed by atoms with Crippen LogP contribution in [0, 0.1) is 0 Å². The third-order valence-electron chi connectivity index (χ3n) is 4.35. The number of carbonyl (C=O) groups excluding carboxylic acids is 1. The number of sulfonamides is 1. The number of methoxy groups -OCH3 is 1. The van der Waals surface area contributed by atoms with Crippen molar-refractivity contribution in [2.45, 2.75) is 17.9 Å². The standard InChI is InChI=1S/C20H21ClN4O4S/c1-29-9-8-25-13-15(12-23-25)17-7-6-16(11-19(17)30(22,27)28)24-20(26)10-14-4-2-3-5-18(14)21/h2-7,11-13H,8-10H2,1H3,(H,24,26)(H2,22,27,28). The average molecular weight is 449 g/mol. The van der Waals surface area contributed by atoms with E-state index in [1.165, 1.54) is 6.07 Å². The molecule has 0 unspecified atom stereocenters. The Bertz CT molecular complexity index is 1160. The summed E-state index contributed by atoms with van der Waals surface area (Å²) >= 11 is 6.09. The van der Waals surface area contributed by atoms with Crippen LogP contribution >= 0.6 is 11.6 Å². The van der Waals surface area contributed by atoms with Gasteiger partial charge in [0.05, 0.1) is 30.7 Å². The van der Waals surface area contributed by atoms with Gasteiger partial charge >= 0.3 is 0 Å². The second kappa shape index (κ2) is 9.40. The number of nitrogens with two attached hydrogens (primary N) is 1. The van der Waals surface area contributed by atoms with Gasteiger partial charge in [0, 0.05) is 35.1 Å². The highest BCUT2D eigenvalue weighted by molar-refractivity contribution is 7.89. The molecule has 0 bridgehead atoms. The van der Waals surface area contributed by atoms with Gasteiger partial charge in [-0.25, -0.2) is 13.6 Å². The quantitative estimate of drug-likeness (QED) is 0.549. The van der Waals surface area contributed by atoms with E-state index in [-0.39, 0.29) is 17.2 Å². The van der Waals surface area contributed by atoms with Crippen molar-refractivity contribution in [2.75, 3.05) is 19.0 Å². The zero-order chi connectivity index (χ0) is 21.7. The molecule has 3 rings (SSSR count). The fraction of sp³-hybridized carbons (Fsp3) is 0.200. The molecule has 0 aliphatic heterocycles. The van der Waals surface area contributed by atoms with Crippen LogP contribution in [-0.4, -0.2) is 37.8 Å². The Hall–Kier alpha value is -2.72. The lowest BCUT2D eigenvalue weighted by Crippen LogP contribution is -2.17. The van der Waals surface area contributed by atoms with Crippen LogP contribution in [0.5, 0.6) is 0 Å². The number of hydrogen-bond donors (Lipinski definition) is 2. The summed E-state index contributed by atoms with van der Waals surface area (Å²) in [5.74, 6) is -0.330. The molecule has 158 valence electrons. The first-order valence-electron chi connectivity index (χ1n) is 9.00. The van der Waals surface area contributed by atoms with Crippen LogP contribution in [0.2, 0.25) is 5.02 Å². The van der Waals surface area contributed by atoms with Gasteiger partial charge in [-0.15, -0.1) is 0 Å². The summed E-state index contributed by atoms with van der Waals surface area (Å²) < 4.78 is 31.0. The number of halogens is 1. The Morgan fingerprint density at radius 1 is 1.27 bits per heavy atom. The van der Waals surface area contributed by atoms with Crippen molar-refractivity contribution >= 4 is 33.2 Å². The number of ether oxygens (including phenoxy) is 1. The molecule has 0 spiro atoms. The lowest BCUT2D eigenvalue weighted by molar-refractivity contribution is -0.115. The van der Waals surface area contributed by atoms with Gasteiger partial charge < -0.3 is 10.1 Å². The molecular weight excluding hydrogens is 428 g/mol. The summed E-state index contributed by atoms with van der Waals surface area (Å²) in [5, 5.41) is 12.8. The Labute approximate surface area is 179 Å². The molecule has 0 saturated carbocycles. The highest BCUT2D eigenvalue weighted by Gasteiger charge is 2.18. The molecule has 1 aromatic heterocycles. The van der Waals surface area contributed by atoms with Crippen molar-refractivity contribution in [3.05, 3.63) is 65.4 Å². The summed E-state index contributed by atoms with van der Waals surface area (Å²) in [6.07, 6.45) is 3.31. The second-order valence-electron chi connectivity index (χ2n) is 6.56. The van der Waals surface area contributed by atoms with Crippen LogP contribution in [0.3, 0.4) is 0 Å². The molecule has 0 fully saturated rings. The maximum atomic E-state index is 12.4. The number of nitrogens with one attached hydrogen (secondary N) is 1. The summed E-state index contributed by atoms with van der Waals surface area (Å²) in [4.78, 5) is 12.3. The zero-order valence-electron chi connectivity index (χ0n) is 16.2. The molecule has 1 amide bonds. The van der Waals surface area contributed by atoms with Gasteiger partial charge in [-0.2, -0.15) is 5.10 Å². The Kier molecular flexibility index (Phi) is 6.88. The number of carbonyl (C=O) groups is 1. The number of aromatic nitrogens is 2. The predicted octanol–water partition coefficient (Wildman–Crippen LogP) is 2.68. The summed E-state index contributed by atoms with van der Waals surface area (Å²) in [6.45, 7) is 0.997. The molecule has 0 aliphatic carbocycles. The van der Waals surface area contributed by atoms with Crippen LogP contribution in [0.1, 0.15) is 5.56 Å². The SMILES string of the molecule is COCCn1cc(-c2ccc(NC(=O)Cc3ccccc3Cl)cc2S(N)(=O)=O)cn1. The van der Waals surface area contributed by atoms with Crippen LogP contribution in [-0.2, 0) is 32.5 Å². The monoisotopic (exact) mass is 448 g/mol. The molecular formula is C20H21ClN4O4S. The van der Waals surface area contributed by atoms with E-state index in [1.54, 1.807) is 60.6 Å². The fourth-order valence-corrected chi connectivity index (χ4v) is 3.89. The molecule has 3 N–H and O–H groups in total. The van der Waals surface area contributed by atoms with Crippen molar-refractivity contribution < 1.29 is 17.9 Å². The lowest BCUT2D eigenvalue weighted by Gasteiger charge is -2.11. The molecule has 8 nitrogen and oxygen atoms in total. The number of primary sulfonamides is 1. The van der Waals surface area contributed by atoms with E-state index >= 15 is 0 Å². The third-order valence-corrected chi connectivity index (χ3v) is 5.67. The van der Waals surface area contributed by atoms with Crippen LogP contribution < -0.4 is 10.5 Å². The minimum atomic E-state index is -4.05. The van der Waals surface area contributed by atoms with E-state index in [0.717, 1.165) is 0 Å². The topological polar surface area (TPSA) is 116 Å². The lowest BCUT2D eigenvalue weighted by atomic mass is 10.1. The first kappa shape index (κ1) is 22.0. The van der Waals surface area contributed by atoms with Gasteiger partial charge in [0.25, 0.3) is 0 Å². The molecule has 1 heterocycles. The largest absolute Gasteiger partial charge is 0.383 e. The second-order valence-corrected chi connectivity index (χ2v) is 8.49. The average Bonchev–Trinajstić information content (AvgIpc) is 3.16. The summed E-state index contributed by atoms with van der Waals surface area (Å²) in [5.41, 5.74) is 1.96. The van der Waals surface area contributed by atoms with Crippen molar-refractivity contribution in [1.82, 2.24) is 9.78 Å². The third kappa shape index (κ3) is 5.45. The Morgan fingerprint density at radius 3 is 2.73 bits per heavy atom. The van der Waals surface area contributed by atoms with Gasteiger partial charge in [0.15, 0.2) is 0 Å². The van der Waals surface area contributed by atoms with Crippen molar-refractivity contribution in [3.63, 3.8) is 0 Å². The molecule has 30 heavy (non-hydrogen) atoms. The molecule has 0 aliphatic rings. The molecule has 10 heteroatoms. The normalized spacial score (nSPS) is 11.4. The van der Waals surface area contributed by atoms with Crippen molar-refractivity contribution in [2.24, 2.45) is 5.14 Å². The highest BCUT2D eigenvalue weighted by Crippen LogP contribution is 2.29. The zero-order valence-corrected chi connectivity index (χ0v) is 17.8. The van der Waals surface area contributed by atoms with Gasteiger partial charge in [0.1, 0.15) is 0 Å². The van der Waals surface area contributed by atoms with Crippen molar-refractivity contribution in [1.29, 1.82) is 0 Å². The molecule has 0 radical (unpaired) electrons. The van der Waals surface area contributed by atoms with E-state index in [2.05, 4.69) is 10.4 Å². The maximum Gasteiger partial charge on any atom is 0.238 e. The summed E-state index contributed by atoms with van der Waals surface area (Å²) in [6, 6.07) is 11.5. The van der Waals surface area contributed by atoms with E-state index in [0.29, 0.717) is 40.6 Å². The Morgan fingerprint density at radius 2 is 2.03 bits per heavy atom. The Balaban J connectivity index is 1.85.